The third kappa shape index (κ3) is 3.41. The maximum absolute atomic E-state index is 13.5. The quantitative estimate of drug-likeness (QED) is 0.194. The highest BCUT2D eigenvalue weighted by Crippen LogP contribution is 2.49. The summed E-state index contributed by atoms with van der Waals surface area (Å²) in [6.45, 7) is 11.1. The van der Waals surface area contributed by atoms with Gasteiger partial charge in [0.15, 0.2) is 17.3 Å². The Balaban J connectivity index is 1.36. The van der Waals surface area contributed by atoms with Crippen molar-refractivity contribution in [2.75, 3.05) is 18.5 Å². The van der Waals surface area contributed by atoms with E-state index in [-0.39, 0.29) is 28.1 Å². The van der Waals surface area contributed by atoms with Crippen molar-refractivity contribution >= 4 is 45.4 Å². The highest BCUT2D eigenvalue weighted by atomic mass is 16.4. The summed E-state index contributed by atoms with van der Waals surface area (Å²) in [6, 6.07) is 17.6. The summed E-state index contributed by atoms with van der Waals surface area (Å²) in [5, 5.41) is 11.8. The molecule has 3 aliphatic rings. The summed E-state index contributed by atoms with van der Waals surface area (Å²) < 4.78 is 2.21. The van der Waals surface area contributed by atoms with Gasteiger partial charge in [0.25, 0.3) is 0 Å². The number of ketones is 2. The number of carboxylic acids is 1. The SMILES string of the molecule is CC[N+]1=C(C=C2C(=O)C(C=C3N(C)c4ccc(C(=O)O)cc4C3(C)C)C2=O)C(C)(C)c2c1ccc1ccccc21. The van der Waals surface area contributed by atoms with Crippen LogP contribution in [0.1, 0.15) is 56.1 Å². The lowest BCUT2D eigenvalue weighted by Crippen LogP contribution is -2.42. The van der Waals surface area contributed by atoms with Crippen molar-refractivity contribution in [2.24, 2.45) is 5.92 Å². The van der Waals surface area contributed by atoms with Gasteiger partial charge in [0.1, 0.15) is 12.5 Å². The molecule has 1 N–H and O–H groups in total. The van der Waals surface area contributed by atoms with Crippen LogP contribution in [0.2, 0.25) is 0 Å². The van der Waals surface area contributed by atoms with Gasteiger partial charge in [-0.15, -0.1) is 0 Å². The van der Waals surface area contributed by atoms with E-state index < -0.39 is 17.3 Å². The van der Waals surface area contributed by atoms with Crippen molar-refractivity contribution < 1.29 is 24.1 Å². The summed E-state index contributed by atoms with van der Waals surface area (Å²) in [6.07, 6.45) is 3.59. The normalized spacial score (nSPS) is 21.6. The predicted molar refractivity (Wildman–Crippen MR) is 157 cm³/mol. The van der Waals surface area contributed by atoms with Crippen molar-refractivity contribution in [3.63, 3.8) is 0 Å². The summed E-state index contributed by atoms with van der Waals surface area (Å²) in [5.41, 5.74) is 5.35. The van der Waals surface area contributed by atoms with Gasteiger partial charge in [0, 0.05) is 41.6 Å². The Morgan fingerprint density at radius 1 is 1.00 bits per heavy atom. The Morgan fingerprint density at radius 3 is 2.38 bits per heavy atom. The third-order valence-electron chi connectivity index (χ3n) is 9.05. The van der Waals surface area contributed by atoms with Crippen LogP contribution in [0.3, 0.4) is 0 Å². The fourth-order valence-corrected chi connectivity index (χ4v) is 6.89. The number of hydrogen-bond acceptors (Lipinski definition) is 4. The number of rotatable bonds is 4. The van der Waals surface area contributed by atoms with Crippen LogP contribution in [0, 0.1) is 5.92 Å². The van der Waals surface area contributed by atoms with Crippen molar-refractivity contribution in [3.05, 3.63) is 94.7 Å². The molecule has 3 aromatic carbocycles. The van der Waals surface area contributed by atoms with Crippen LogP contribution in [0.5, 0.6) is 0 Å². The van der Waals surface area contributed by atoms with Gasteiger partial charge in [-0.05, 0) is 67.4 Å². The Bertz CT molecular complexity index is 1750. The minimum Gasteiger partial charge on any atom is -0.478 e. The molecular formula is C34H33N2O4+. The highest BCUT2D eigenvalue weighted by molar-refractivity contribution is 6.41. The molecule has 3 aromatic rings. The van der Waals surface area contributed by atoms with Gasteiger partial charge in [-0.1, -0.05) is 38.1 Å². The lowest BCUT2D eigenvalue weighted by molar-refractivity contribution is -0.433. The fraction of sp³-hybridized carbons (Fsp3) is 0.294. The molecule has 1 aliphatic carbocycles. The van der Waals surface area contributed by atoms with Crippen molar-refractivity contribution in [2.45, 2.75) is 45.4 Å². The van der Waals surface area contributed by atoms with Gasteiger partial charge in [-0.2, -0.15) is 4.58 Å². The molecule has 0 spiro atoms. The van der Waals surface area contributed by atoms with E-state index in [2.05, 4.69) is 49.6 Å². The molecule has 0 amide bonds. The first kappa shape index (κ1) is 25.9. The first-order valence-corrected chi connectivity index (χ1v) is 13.7. The molecular weight excluding hydrogens is 500 g/mol. The van der Waals surface area contributed by atoms with Crippen LogP contribution in [0.15, 0.2) is 78.0 Å². The number of carbonyl (C=O) groups is 3. The predicted octanol–water partition coefficient (Wildman–Crippen LogP) is 5.94. The minimum atomic E-state index is -0.985. The molecule has 2 aliphatic heterocycles. The average Bonchev–Trinajstić information content (AvgIpc) is 3.27. The number of anilines is 1. The van der Waals surface area contributed by atoms with Crippen LogP contribution in [-0.4, -0.2) is 46.5 Å². The monoisotopic (exact) mass is 533 g/mol. The van der Waals surface area contributed by atoms with Gasteiger partial charge in [0.05, 0.1) is 16.6 Å². The molecule has 1 saturated carbocycles. The van der Waals surface area contributed by atoms with E-state index >= 15 is 0 Å². The summed E-state index contributed by atoms with van der Waals surface area (Å²) in [7, 11) is 1.89. The minimum absolute atomic E-state index is 0.177. The Labute approximate surface area is 233 Å². The van der Waals surface area contributed by atoms with Crippen LogP contribution in [0.4, 0.5) is 11.4 Å². The van der Waals surface area contributed by atoms with Crippen LogP contribution in [-0.2, 0) is 20.4 Å². The van der Waals surface area contributed by atoms with E-state index in [0.29, 0.717) is 0 Å². The van der Waals surface area contributed by atoms with Crippen LogP contribution >= 0.6 is 0 Å². The van der Waals surface area contributed by atoms with Crippen LogP contribution in [0.25, 0.3) is 10.8 Å². The molecule has 6 heteroatoms. The molecule has 0 saturated heterocycles. The van der Waals surface area contributed by atoms with E-state index in [1.807, 2.05) is 44.0 Å². The highest BCUT2D eigenvalue weighted by Gasteiger charge is 2.50. The molecule has 0 radical (unpaired) electrons. The maximum Gasteiger partial charge on any atom is 0.335 e. The molecule has 1 fully saturated rings. The number of fused-ring (bicyclic) bond motifs is 4. The molecule has 2 heterocycles. The molecule has 0 bridgehead atoms. The number of nitrogens with zero attached hydrogens (tertiary/aromatic N) is 2. The lowest BCUT2D eigenvalue weighted by atomic mass is 9.72. The zero-order valence-electron chi connectivity index (χ0n) is 23.7. The second kappa shape index (κ2) is 8.59. The topological polar surface area (TPSA) is 77.7 Å². The van der Waals surface area contributed by atoms with E-state index in [9.17, 15) is 19.5 Å². The van der Waals surface area contributed by atoms with Gasteiger partial charge in [0.2, 0.25) is 5.69 Å². The van der Waals surface area contributed by atoms with E-state index in [1.165, 1.54) is 16.3 Å². The second-order valence-corrected chi connectivity index (χ2v) is 12.0. The number of allylic oxidation sites excluding steroid dienone is 4. The van der Waals surface area contributed by atoms with Gasteiger partial charge < -0.3 is 10.0 Å². The number of hydrogen-bond donors (Lipinski definition) is 1. The zero-order valence-corrected chi connectivity index (χ0v) is 23.7. The number of benzene rings is 3. The van der Waals surface area contributed by atoms with E-state index in [0.717, 1.165) is 34.9 Å². The Hall–Kier alpha value is -4.32. The summed E-state index contributed by atoms with van der Waals surface area (Å²) >= 11 is 0. The van der Waals surface area contributed by atoms with Gasteiger partial charge in [-0.25, -0.2) is 4.79 Å². The smallest absolute Gasteiger partial charge is 0.335 e. The van der Waals surface area contributed by atoms with E-state index in [1.54, 1.807) is 24.3 Å². The number of aromatic carboxylic acids is 1. The lowest BCUT2D eigenvalue weighted by Gasteiger charge is -2.29. The standard InChI is InChI=1S/C34H32N2O4/c1-7-36-26-15-12-19-10-8-9-11-21(19)29(26)34(4,5)28(36)18-23-30(37)22(31(23)38)17-27-33(2,3)24-16-20(32(39)40)13-14-25(24)35(27)6/h8-18,22H,7H2,1-6H3/p+1. The number of Topliss-reactive ketones (excluding diaryl/α,β-unsaturated/α-hetero) is 2. The molecule has 0 atom stereocenters. The summed E-state index contributed by atoms with van der Waals surface area (Å²) in [5.74, 6) is -2.19. The fourth-order valence-electron chi connectivity index (χ4n) is 6.89. The molecule has 0 unspecified atom stereocenters. The third-order valence-corrected chi connectivity index (χ3v) is 9.05. The largest absolute Gasteiger partial charge is 0.478 e. The van der Waals surface area contributed by atoms with Crippen molar-refractivity contribution in [3.8, 4) is 0 Å². The Kier molecular flexibility index (Phi) is 5.57. The average molecular weight is 534 g/mol. The number of likely N-dealkylation sites (N-methyl/N-ethyl adjacent to an activating group) is 1. The second-order valence-electron chi connectivity index (χ2n) is 12.0. The van der Waals surface area contributed by atoms with Gasteiger partial charge >= 0.3 is 5.97 Å². The molecule has 40 heavy (non-hydrogen) atoms. The van der Waals surface area contributed by atoms with E-state index in [4.69, 9.17) is 0 Å². The zero-order chi connectivity index (χ0) is 28.7. The maximum atomic E-state index is 13.5. The number of carboxylic acid groups (broad SMARTS) is 1. The molecule has 0 aromatic heterocycles. The first-order chi connectivity index (χ1) is 18.9. The summed E-state index contributed by atoms with van der Waals surface area (Å²) in [4.78, 5) is 40.5. The van der Waals surface area contributed by atoms with Crippen molar-refractivity contribution in [1.29, 1.82) is 0 Å². The molecule has 6 rings (SSSR count). The van der Waals surface area contributed by atoms with Crippen molar-refractivity contribution in [1.82, 2.24) is 0 Å². The molecule has 6 nitrogen and oxygen atoms in total. The van der Waals surface area contributed by atoms with Gasteiger partial charge in [-0.3, -0.25) is 9.59 Å². The first-order valence-electron chi connectivity index (χ1n) is 13.7. The molecule has 202 valence electrons. The Morgan fingerprint density at radius 2 is 1.70 bits per heavy atom. The van der Waals surface area contributed by atoms with Crippen LogP contribution < -0.4 is 4.90 Å². The number of carbonyl (C=O) groups excluding carboxylic acids is 2.